The first-order valence-electron chi connectivity index (χ1n) is 11.0. The van der Waals surface area contributed by atoms with E-state index in [1.54, 1.807) is 12.1 Å². The van der Waals surface area contributed by atoms with Gasteiger partial charge in [0.25, 0.3) is 0 Å². The highest BCUT2D eigenvalue weighted by atomic mass is 35.5. The standard InChI is InChI=1S/C23H28ClN5O2S/c1-25-16-13-18(14-16)29-8-7-20-21(24)15-22(26-23(20)29)28-11-9-27(10-12-28)17-3-5-19(6-4-17)32(2,30)31/h3-8,15-16,18,25H,9-14H2,1-2H3/t16-,18+. The van der Waals surface area contributed by atoms with Crippen LogP contribution in [0.4, 0.5) is 11.5 Å². The molecule has 1 saturated heterocycles. The van der Waals surface area contributed by atoms with Crippen LogP contribution in [-0.4, -0.2) is 63.5 Å². The van der Waals surface area contributed by atoms with Gasteiger partial charge in [0.05, 0.1) is 9.92 Å². The first kappa shape index (κ1) is 21.6. The number of fused-ring (bicyclic) bond motifs is 1. The lowest BCUT2D eigenvalue weighted by Crippen LogP contribution is -2.46. The third kappa shape index (κ3) is 3.95. The third-order valence-electron chi connectivity index (χ3n) is 6.77. The molecule has 3 heterocycles. The van der Waals surface area contributed by atoms with Crippen molar-refractivity contribution < 1.29 is 8.42 Å². The summed E-state index contributed by atoms with van der Waals surface area (Å²) in [6, 6.07) is 12.2. The smallest absolute Gasteiger partial charge is 0.175 e. The number of hydrogen-bond acceptors (Lipinski definition) is 6. The van der Waals surface area contributed by atoms with Crippen LogP contribution >= 0.6 is 11.6 Å². The topological polar surface area (TPSA) is 70.5 Å². The predicted octanol–water partition coefficient (Wildman–Crippen LogP) is 3.34. The maximum absolute atomic E-state index is 11.7. The number of piperazine rings is 1. The van der Waals surface area contributed by atoms with E-state index in [2.05, 4.69) is 31.9 Å². The molecule has 1 saturated carbocycles. The number of nitrogens with one attached hydrogen (secondary N) is 1. The molecule has 0 amide bonds. The third-order valence-corrected chi connectivity index (χ3v) is 8.21. The second-order valence-electron chi connectivity index (χ2n) is 8.77. The molecule has 0 bridgehead atoms. The zero-order chi connectivity index (χ0) is 22.5. The Balaban J connectivity index is 1.31. The van der Waals surface area contributed by atoms with Gasteiger partial charge in [-0.2, -0.15) is 0 Å². The van der Waals surface area contributed by atoms with Crippen LogP contribution in [0.2, 0.25) is 5.02 Å². The van der Waals surface area contributed by atoms with Crippen molar-refractivity contribution in [3.05, 3.63) is 47.6 Å². The highest BCUT2D eigenvalue weighted by Gasteiger charge is 2.30. The van der Waals surface area contributed by atoms with Crippen LogP contribution in [0.3, 0.4) is 0 Å². The molecule has 0 radical (unpaired) electrons. The molecule has 2 fully saturated rings. The van der Waals surface area contributed by atoms with Crippen molar-refractivity contribution in [3.8, 4) is 0 Å². The Morgan fingerprint density at radius 2 is 1.69 bits per heavy atom. The first-order valence-corrected chi connectivity index (χ1v) is 13.2. The lowest BCUT2D eigenvalue weighted by Gasteiger charge is -2.37. The number of pyridine rings is 1. The Bertz CT molecular complexity index is 1230. The molecule has 2 aliphatic rings. The second kappa shape index (κ2) is 8.24. The van der Waals surface area contributed by atoms with Crippen molar-refractivity contribution >= 4 is 44.0 Å². The molecule has 0 spiro atoms. The number of hydrogen-bond donors (Lipinski definition) is 1. The van der Waals surface area contributed by atoms with Gasteiger partial charge in [0.2, 0.25) is 0 Å². The highest BCUT2D eigenvalue weighted by molar-refractivity contribution is 7.90. The summed E-state index contributed by atoms with van der Waals surface area (Å²) in [5.74, 6) is 0.916. The minimum Gasteiger partial charge on any atom is -0.368 e. The van der Waals surface area contributed by atoms with Crippen molar-refractivity contribution in [1.82, 2.24) is 14.9 Å². The number of aromatic nitrogens is 2. The minimum atomic E-state index is -3.18. The summed E-state index contributed by atoms with van der Waals surface area (Å²) in [6.07, 6.45) is 5.57. The van der Waals surface area contributed by atoms with Crippen molar-refractivity contribution in [2.75, 3.05) is 49.3 Å². The summed E-state index contributed by atoms with van der Waals surface area (Å²) in [7, 11) is -1.16. The van der Waals surface area contributed by atoms with Gasteiger partial charge in [0.1, 0.15) is 11.5 Å². The Morgan fingerprint density at radius 3 is 2.31 bits per heavy atom. The normalized spacial score (nSPS) is 21.7. The van der Waals surface area contributed by atoms with Gasteiger partial charge in [-0.3, -0.25) is 0 Å². The largest absolute Gasteiger partial charge is 0.368 e. The Morgan fingerprint density at radius 1 is 1.03 bits per heavy atom. The number of rotatable bonds is 5. The molecule has 2 aromatic heterocycles. The Kier molecular flexibility index (Phi) is 5.55. The van der Waals surface area contributed by atoms with E-state index in [0.717, 1.165) is 66.6 Å². The molecule has 9 heteroatoms. The zero-order valence-electron chi connectivity index (χ0n) is 18.3. The fraction of sp³-hybridized carbons (Fsp3) is 0.435. The van der Waals surface area contributed by atoms with E-state index in [9.17, 15) is 8.42 Å². The van der Waals surface area contributed by atoms with Crippen LogP contribution in [0.15, 0.2) is 47.5 Å². The molecule has 7 nitrogen and oxygen atoms in total. The Labute approximate surface area is 193 Å². The number of halogens is 1. The highest BCUT2D eigenvalue weighted by Crippen LogP contribution is 2.37. The van der Waals surface area contributed by atoms with E-state index < -0.39 is 9.84 Å². The molecule has 1 N–H and O–H groups in total. The maximum Gasteiger partial charge on any atom is 0.175 e. The van der Waals surface area contributed by atoms with Crippen molar-refractivity contribution in [3.63, 3.8) is 0 Å². The number of anilines is 2. The first-order chi connectivity index (χ1) is 15.3. The van der Waals surface area contributed by atoms with E-state index in [-0.39, 0.29) is 0 Å². The van der Waals surface area contributed by atoms with Crippen LogP contribution in [0, 0.1) is 0 Å². The number of nitrogens with zero attached hydrogens (tertiary/aromatic N) is 4. The van der Waals surface area contributed by atoms with Gasteiger partial charge >= 0.3 is 0 Å². The minimum absolute atomic E-state index is 0.350. The van der Waals surface area contributed by atoms with E-state index in [1.807, 2.05) is 25.2 Å². The summed E-state index contributed by atoms with van der Waals surface area (Å²) in [5, 5.41) is 5.09. The summed E-state index contributed by atoms with van der Waals surface area (Å²) in [6.45, 7) is 3.33. The molecule has 0 atom stereocenters. The molecule has 5 rings (SSSR count). The van der Waals surface area contributed by atoms with Crippen LogP contribution in [0.5, 0.6) is 0 Å². The lowest BCUT2D eigenvalue weighted by atomic mass is 9.87. The quantitative estimate of drug-likeness (QED) is 0.612. The lowest BCUT2D eigenvalue weighted by molar-refractivity contribution is 0.240. The summed E-state index contributed by atoms with van der Waals surface area (Å²) < 4.78 is 25.7. The van der Waals surface area contributed by atoms with E-state index >= 15 is 0 Å². The summed E-state index contributed by atoms with van der Waals surface area (Å²) >= 11 is 6.64. The zero-order valence-corrected chi connectivity index (χ0v) is 19.9. The second-order valence-corrected chi connectivity index (χ2v) is 11.2. The molecule has 1 aromatic carbocycles. The predicted molar refractivity (Wildman–Crippen MR) is 130 cm³/mol. The van der Waals surface area contributed by atoms with Gasteiger partial charge in [-0.05, 0) is 50.2 Å². The van der Waals surface area contributed by atoms with Gasteiger partial charge in [-0.1, -0.05) is 11.6 Å². The van der Waals surface area contributed by atoms with Crippen LogP contribution in [-0.2, 0) is 9.84 Å². The SMILES string of the molecule is CN[C@H]1C[C@@H](n2ccc3c(Cl)cc(N4CCN(c5ccc(S(C)(=O)=O)cc5)CC4)nc32)C1. The van der Waals surface area contributed by atoms with Crippen molar-refractivity contribution in [2.24, 2.45) is 0 Å². The molecule has 32 heavy (non-hydrogen) atoms. The van der Waals surface area contributed by atoms with Crippen LogP contribution < -0.4 is 15.1 Å². The van der Waals surface area contributed by atoms with Crippen LogP contribution in [0.1, 0.15) is 18.9 Å². The monoisotopic (exact) mass is 473 g/mol. The molecule has 1 aliphatic heterocycles. The fourth-order valence-electron chi connectivity index (χ4n) is 4.68. The molecule has 3 aromatic rings. The maximum atomic E-state index is 11.7. The Hall–Kier alpha value is -2.29. The van der Waals surface area contributed by atoms with E-state index in [4.69, 9.17) is 16.6 Å². The van der Waals surface area contributed by atoms with Crippen molar-refractivity contribution in [1.29, 1.82) is 0 Å². The van der Waals surface area contributed by atoms with Gasteiger partial charge in [0.15, 0.2) is 9.84 Å². The molecule has 0 unspecified atom stereocenters. The number of sulfone groups is 1. The van der Waals surface area contributed by atoms with E-state index in [1.165, 1.54) is 6.26 Å². The molecule has 170 valence electrons. The summed E-state index contributed by atoms with van der Waals surface area (Å²) in [5.41, 5.74) is 2.00. The van der Waals surface area contributed by atoms with Gasteiger partial charge in [-0.25, -0.2) is 13.4 Å². The fourth-order valence-corrected chi connectivity index (χ4v) is 5.56. The number of benzene rings is 1. The average Bonchev–Trinajstić information content (AvgIpc) is 3.17. The molecule has 1 aliphatic carbocycles. The van der Waals surface area contributed by atoms with Gasteiger partial charge in [-0.15, -0.1) is 0 Å². The molecular weight excluding hydrogens is 446 g/mol. The molecular formula is C23H28ClN5O2S. The van der Waals surface area contributed by atoms with Crippen LogP contribution in [0.25, 0.3) is 11.0 Å². The van der Waals surface area contributed by atoms with Gasteiger partial charge < -0.3 is 19.7 Å². The van der Waals surface area contributed by atoms with E-state index in [0.29, 0.717) is 17.0 Å². The van der Waals surface area contributed by atoms with Crippen molar-refractivity contribution in [2.45, 2.75) is 29.8 Å². The summed E-state index contributed by atoms with van der Waals surface area (Å²) in [4.78, 5) is 9.91. The average molecular weight is 474 g/mol. The van der Waals surface area contributed by atoms with Gasteiger partial charge in [0, 0.05) is 67.9 Å².